The summed E-state index contributed by atoms with van der Waals surface area (Å²) in [6, 6.07) is 10.5. The number of benzene rings is 1. The van der Waals surface area contributed by atoms with E-state index in [1.54, 1.807) is 12.3 Å². The van der Waals surface area contributed by atoms with Crippen molar-refractivity contribution in [3.63, 3.8) is 0 Å². The molecule has 1 aliphatic heterocycles. The summed E-state index contributed by atoms with van der Waals surface area (Å²) in [7, 11) is 0. The molecule has 25 heavy (non-hydrogen) atoms. The Morgan fingerprint density at radius 3 is 2.92 bits per heavy atom. The Morgan fingerprint density at radius 1 is 1.36 bits per heavy atom. The van der Waals surface area contributed by atoms with Gasteiger partial charge < -0.3 is 19.7 Å². The molecule has 0 saturated heterocycles. The number of hydrogen-bond donors (Lipinski definition) is 2. The first-order valence-corrected chi connectivity index (χ1v) is 8.97. The lowest BCUT2D eigenvalue weighted by atomic mass is 9.80. The van der Waals surface area contributed by atoms with Crippen LogP contribution >= 0.6 is 0 Å². The van der Waals surface area contributed by atoms with E-state index in [0.29, 0.717) is 30.5 Å². The summed E-state index contributed by atoms with van der Waals surface area (Å²) in [5, 5.41) is 13.0. The monoisotopic (exact) mass is 340 g/mol. The van der Waals surface area contributed by atoms with Gasteiger partial charge in [-0.15, -0.1) is 0 Å². The number of aliphatic hydroxyl groups is 1. The molecule has 2 heterocycles. The van der Waals surface area contributed by atoms with Gasteiger partial charge in [0.2, 0.25) is 0 Å². The average Bonchev–Trinajstić information content (AvgIpc) is 3.16. The Hall–Kier alpha value is -2.27. The second-order valence-electron chi connectivity index (χ2n) is 7.33. The molecule has 132 valence electrons. The maximum atomic E-state index is 12.5. The fraction of sp³-hybridized carbons (Fsp3) is 0.450. The van der Waals surface area contributed by atoms with E-state index in [1.165, 1.54) is 11.3 Å². The van der Waals surface area contributed by atoms with Crippen molar-refractivity contribution in [1.29, 1.82) is 0 Å². The highest BCUT2D eigenvalue weighted by Crippen LogP contribution is 2.34. The molecule has 2 aromatic rings. The highest BCUT2D eigenvalue weighted by atomic mass is 16.3. The predicted octanol–water partition coefficient (Wildman–Crippen LogP) is 2.88. The average molecular weight is 340 g/mol. The number of para-hydroxylation sites is 1. The summed E-state index contributed by atoms with van der Waals surface area (Å²) < 4.78 is 5.62. The first kappa shape index (κ1) is 16.2. The number of amides is 1. The van der Waals surface area contributed by atoms with Crippen LogP contribution in [0.2, 0.25) is 0 Å². The molecule has 5 nitrogen and oxygen atoms in total. The summed E-state index contributed by atoms with van der Waals surface area (Å²) in [4.78, 5) is 14.8. The van der Waals surface area contributed by atoms with Crippen LogP contribution in [0.25, 0.3) is 0 Å². The van der Waals surface area contributed by atoms with Crippen LogP contribution in [0, 0.1) is 0 Å². The minimum atomic E-state index is -0.720. The molecule has 1 unspecified atom stereocenters. The van der Waals surface area contributed by atoms with Gasteiger partial charge in [0, 0.05) is 18.3 Å². The number of nitrogens with zero attached hydrogens (tertiary/aromatic N) is 1. The molecule has 0 radical (unpaired) electrons. The molecule has 1 aromatic heterocycles. The predicted molar refractivity (Wildman–Crippen MR) is 95.6 cm³/mol. The smallest absolute Gasteiger partial charge is 0.255 e. The van der Waals surface area contributed by atoms with Gasteiger partial charge in [-0.2, -0.15) is 0 Å². The number of fused-ring (bicyclic) bond motifs is 1. The van der Waals surface area contributed by atoms with Crippen LogP contribution in [-0.4, -0.2) is 29.2 Å². The fourth-order valence-electron chi connectivity index (χ4n) is 3.79. The Morgan fingerprint density at radius 2 is 2.16 bits per heavy atom. The van der Waals surface area contributed by atoms with Crippen molar-refractivity contribution in [2.24, 2.45) is 0 Å². The van der Waals surface area contributed by atoms with Crippen LogP contribution < -0.4 is 10.2 Å². The van der Waals surface area contributed by atoms with E-state index in [0.717, 1.165) is 25.7 Å². The Bertz CT molecular complexity index is 779. The van der Waals surface area contributed by atoms with Crippen molar-refractivity contribution >= 4 is 11.6 Å². The fourth-order valence-corrected chi connectivity index (χ4v) is 3.79. The Balaban J connectivity index is 1.47. The lowest BCUT2D eigenvalue weighted by molar-refractivity contribution is -0.0300. The van der Waals surface area contributed by atoms with E-state index in [9.17, 15) is 9.90 Å². The van der Waals surface area contributed by atoms with Gasteiger partial charge in [0.05, 0.1) is 24.0 Å². The van der Waals surface area contributed by atoms with Crippen molar-refractivity contribution < 1.29 is 14.3 Å². The molecule has 1 saturated carbocycles. The second kappa shape index (κ2) is 6.23. The van der Waals surface area contributed by atoms with Crippen molar-refractivity contribution in [2.45, 2.75) is 50.8 Å². The Labute approximate surface area is 147 Å². The Kier molecular flexibility index (Phi) is 4.04. The van der Waals surface area contributed by atoms with Gasteiger partial charge in [0.1, 0.15) is 5.76 Å². The van der Waals surface area contributed by atoms with Gasteiger partial charge in [0.15, 0.2) is 0 Å². The minimum absolute atomic E-state index is 0.177. The first-order chi connectivity index (χ1) is 12.1. The molecule has 1 amide bonds. The van der Waals surface area contributed by atoms with Crippen molar-refractivity contribution in [3.05, 3.63) is 53.5 Å². The lowest BCUT2D eigenvalue weighted by Crippen LogP contribution is -2.47. The summed E-state index contributed by atoms with van der Waals surface area (Å²) in [5.74, 6) is 0.492. The minimum Gasteiger partial charge on any atom is -0.467 e. The van der Waals surface area contributed by atoms with Crippen LogP contribution in [0.5, 0.6) is 0 Å². The number of hydrogen-bond acceptors (Lipinski definition) is 4. The molecule has 0 spiro atoms. The van der Waals surface area contributed by atoms with Gasteiger partial charge >= 0.3 is 0 Å². The van der Waals surface area contributed by atoms with Crippen molar-refractivity contribution in [3.8, 4) is 0 Å². The number of anilines is 1. The van der Waals surface area contributed by atoms with Gasteiger partial charge in [-0.1, -0.05) is 18.2 Å². The highest BCUT2D eigenvalue weighted by molar-refractivity contribution is 5.95. The second-order valence-corrected chi connectivity index (χ2v) is 7.33. The zero-order valence-corrected chi connectivity index (χ0v) is 14.5. The largest absolute Gasteiger partial charge is 0.467 e. The quantitative estimate of drug-likeness (QED) is 0.878. The molecule has 4 rings (SSSR count). The summed E-state index contributed by atoms with van der Waals surface area (Å²) >= 11 is 0. The number of furan rings is 1. The standard InChI is InChI=1S/C20H24N2O3/c1-14-11-15-5-2-3-6-17(15)22(14)12-18-16(7-10-25-18)19(23)21-13-20(24)8-4-9-20/h2-3,5-7,10,14,24H,4,8-9,11-13H2,1H3,(H,21,23). The zero-order valence-electron chi connectivity index (χ0n) is 14.5. The summed E-state index contributed by atoms with van der Waals surface area (Å²) in [5.41, 5.74) is 2.38. The van der Waals surface area contributed by atoms with Crippen LogP contribution in [0.15, 0.2) is 41.0 Å². The number of rotatable bonds is 5. The van der Waals surface area contributed by atoms with Crippen LogP contribution in [0.1, 0.15) is 47.9 Å². The molecule has 2 N–H and O–H groups in total. The van der Waals surface area contributed by atoms with Crippen LogP contribution in [-0.2, 0) is 13.0 Å². The van der Waals surface area contributed by atoms with Crippen molar-refractivity contribution in [2.75, 3.05) is 11.4 Å². The molecule has 1 aliphatic carbocycles. The molecule has 1 aromatic carbocycles. The van der Waals surface area contributed by atoms with Crippen LogP contribution in [0.3, 0.4) is 0 Å². The zero-order chi connectivity index (χ0) is 17.4. The number of carbonyl (C=O) groups is 1. The van der Waals surface area contributed by atoms with Gasteiger partial charge in [-0.05, 0) is 50.3 Å². The molecular weight excluding hydrogens is 316 g/mol. The number of carbonyl (C=O) groups excluding carboxylic acids is 1. The molecule has 1 atom stereocenters. The highest BCUT2D eigenvalue weighted by Gasteiger charge is 2.35. The van der Waals surface area contributed by atoms with E-state index >= 15 is 0 Å². The van der Waals surface area contributed by atoms with Crippen LogP contribution in [0.4, 0.5) is 5.69 Å². The third-order valence-corrected chi connectivity index (χ3v) is 5.51. The van der Waals surface area contributed by atoms with E-state index in [4.69, 9.17) is 4.42 Å². The van der Waals surface area contributed by atoms with E-state index < -0.39 is 5.60 Å². The molecule has 5 heteroatoms. The van der Waals surface area contributed by atoms with Gasteiger partial charge in [-0.3, -0.25) is 4.79 Å². The number of nitrogens with one attached hydrogen (secondary N) is 1. The molecule has 2 aliphatic rings. The SMILES string of the molecule is CC1Cc2ccccc2N1Cc1occc1C(=O)NCC1(O)CCC1. The normalized spacial score (nSPS) is 20.9. The van der Waals surface area contributed by atoms with E-state index in [-0.39, 0.29) is 5.91 Å². The van der Waals surface area contributed by atoms with E-state index in [2.05, 4.69) is 35.3 Å². The summed E-state index contributed by atoms with van der Waals surface area (Å²) in [6.45, 7) is 3.06. The maximum Gasteiger partial charge on any atom is 0.255 e. The molecule has 1 fully saturated rings. The lowest BCUT2D eigenvalue weighted by Gasteiger charge is -2.36. The van der Waals surface area contributed by atoms with Gasteiger partial charge in [0.25, 0.3) is 5.91 Å². The molecule has 0 bridgehead atoms. The third kappa shape index (κ3) is 3.04. The van der Waals surface area contributed by atoms with Crippen molar-refractivity contribution in [1.82, 2.24) is 5.32 Å². The van der Waals surface area contributed by atoms with Gasteiger partial charge in [-0.25, -0.2) is 0 Å². The maximum absolute atomic E-state index is 12.5. The topological polar surface area (TPSA) is 65.7 Å². The first-order valence-electron chi connectivity index (χ1n) is 8.97. The van der Waals surface area contributed by atoms with E-state index in [1.807, 2.05) is 6.07 Å². The summed E-state index contributed by atoms with van der Waals surface area (Å²) in [6.07, 6.45) is 5.11. The third-order valence-electron chi connectivity index (χ3n) is 5.51. The molecular formula is C20H24N2O3.